The van der Waals surface area contributed by atoms with Gasteiger partial charge in [0.05, 0.1) is 11.0 Å². The molecule has 154 valence electrons. The number of piperazine rings is 1. The maximum atomic E-state index is 13.1. The molecule has 6 nitrogen and oxygen atoms in total. The van der Waals surface area contributed by atoms with E-state index in [0.717, 1.165) is 50.2 Å². The molecule has 1 aliphatic heterocycles. The van der Waals surface area contributed by atoms with E-state index in [1.54, 1.807) is 0 Å². The van der Waals surface area contributed by atoms with Gasteiger partial charge in [0.1, 0.15) is 5.52 Å². The monoisotopic (exact) mass is 422 g/mol. The molecule has 1 aliphatic rings. The molecular weight excluding hydrogens is 398 g/mol. The van der Waals surface area contributed by atoms with Crippen molar-refractivity contribution >= 4 is 33.8 Å². The van der Waals surface area contributed by atoms with Crippen molar-refractivity contribution in [3.8, 4) is 0 Å². The molecule has 1 aromatic carbocycles. The molecule has 0 atom stereocenters. The normalized spacial score (nSPS) is 15.3. The average Bonchev–Trinajstić information content (AvgIpc) is 3.28. The molecule has 0 amide bonds. The quantitative estimate of drug-likeness (QED) is 0.497. The SMILES string of the molecule is O=c1c2cccn2c2cc(Cl)ccc2n1CCCN1CCN(c2cc[nH+]cc2)CC1. The minimum Gasteiger partial charge on any atom is -0.369 e. The second-order valence-electron chi connectivity index (χ2n) is 7.79. The van der Waals surface area contributed by atoms with Crippen molar-refractivity contribution in [2.45, 2.75) is 13.0 Å². The van der Waals surface area contributed by atoms with Gasteiger partial charge in [-0.25, -0.2) is 4.98 Å². The Labute approximate surface area is 179 Å². The van der Waals surface area contributed by atoms with Crippen LogP contribution >= 0.6 is 11.6 Å². The number of H-pyrrole nitrogens is 1. The molecule has 0 saturated carbocycles. The average molecular weight is 423 g/mol. The third-order valence-corrected chi connectivity index (χ3v) is 6.23. The van der Waals surface area contributed by atoms with Crippen molar-refractivity contribution in [1.82, 2.24) is 13.9 Å². The number of benzene rings is 1. The van der Waals surface area contributed by atoms with Gasteiger partial charge >= 0.3 is 0 Å². The van der Waals surface area contributed by atoms with Crippen molar-refractivity contribution in [3.63, 3.8) is 0 Å². The fourth-order valence-electron chi connectivity index (χ4n) is 4.42. The van der Waals surface area contributed by atoms with E-state index in [1.165, 1.54) is 5.69 Å². The third-order valence-electron chi connectivity index (χ3n) is 5.99. The van der Waals surface area contributed by atoms with Gasteiger partial charge < -0.3 is 13.9 Å². The molecule has 0 spiro atoms. The summed E-state index contributed by atoms with van der Waals surface area (Å²) in [5, 5.41) is 0.678. The Hall–Kier alpha value is -2.83. The molecule has 1 fully saturated rings. The van der Waals surface area contributed by atoms with E-state index in [1.807, 2.05) is 57.9 Å². The van der Waals surface area contributed by atoms with Crippen molar-refractivity contribution in [2.24, 2.45) is 0 Å². The van der Waals surface area contributed by atoms with Gasteiger partial charge in [-0.05, 0) is 43.3 Å². The number of nitrogens with one attached hydrogen (secondary N) is 1. The Morgan fingerprint density at radius 1 is 0.900 bits per heavy atom. The number of hydrogen-bond acceptors (Lipinski definition) is 3. The van der Waals surface area contributed by atoms with E-state index in [4.69, 9.17) is 11.6 Å². The summed E-state index contributed by atoms with van der Waals surface area (Å²) in [4.78, 5) is 21.1. The molecule has 4 heterocycles. The Bertz CT molecular complexity index is 1230. The standard InChI is InChI=1S/C23H24ClN5O/c24-18-4-5-20-22(17-18)28-11-1-3-21(28)23(30)29(20)12-2-10-26-13-15-27(16-14-26)19-6-8-25-9-7-19/h1,3-9,11,17H,2,10,12-16H2/p+1. The maximum Gasteiger partial charge on any atom is 0.275 e. The summed E-state index contributed by atoms with van der Waals surface area (Å²) in [6.07, 6.45) is 6.80. The van der Waals surface area contributed by atoms with E-state index in [0.29, 0.717) is 17.1 Å². The number of aromatic nitrogens is 3. The molecule has 1 saturated heterocycles. The number of rotatable bonds is 5. The Kier molecular flexibility index (Phi) is 5.19. The van der Waals surface area contributed by atoms with Gasteiger partial charge in [-0.2, -0.15) is 0 Å². The fourth-order valence-corrected chi connectivity index (χ4v) is 4.59. The van der Waals surface area contributed by atoms with Crippen LogP contribution in [0, 0.1) is 0 Å². The highest BCUT2D eigenvalue weighted by molar-refractivity contribution is 6.31. The first-order valence-corrected chi connectivity index (χ1v) is 10.8. The summed E-state index contributed by atoms with van der Waals surface area (Å²) >= 11 is 6.23. The highest BCUT2D eigenvalue weighted by Crippen LogP contribution is 2.20. The molecule has 0 radical (unpaired) electrons. The number of hydrogen-bond donors (Lipinski definition) is 0. The highest BCUT2D eigenvalue weighted by atomic mass is 35.5. The summed E-state index contributed by atoms with van der Waals surface area (Å²) in [6.45, 7) is 5.84. The summed E-state index contributed by atoms with van der Waals surface area (Å²) in [7, 11) is 0. The van der Waals surface area contributed by atoms with Crippen LogP contribution in [0.3, 0.4) is 0 Å². The van der Waals surface area contributed by atoms with E-state index in [2.05, 4.69) is 26.9 Å². The molecule has 0 aliphatic carbocycles. The van der Waals surface area contributed by atoms with Crippen LogP contribution in [0.1, 0.15) is 6.42 Å². The topological polar surface area (TPSA) is 47.0 Å². The van der Waals surface area contributed by atoms with E-state index in [9.17, 15) is 4.79 Å². The van der Waals surface area contributed by atoms with Crippen LogP contribution in [-0.4, -0.2) is 46.6 Å². The predicted molar refractivity (Wildman–Crippen MR) is 120 cm³/mol. The lowest BCUT2D eigenvalue weighted by Crippen LogP contribution is -2.46. The summed E-state index contributed by atoms with van der Waals surface area (Å²) in [5.41, 5.74) is 3.92. The smallest absolute Gasteiger partial charge is 0.275 e. The van der Waals surface area contributed by atoms with Gasteiger partial charge in [-0.1, -0.05) is 11.6 Å². The molecule has 0 unspecified atom stereocenters. The van der Waals surface area contributed by atoms with Crippen LogP contribution in [0.25, 0.3) is 16.6 Å². The molecular formula is C23H25ClN5O+. The van der Waals surface area contributed by atoms with E-state index in [-0.39, 0.29) is 5.56 Å². The molecule has 30 heavy (non-hydrogen) atoms. The van der Waals surface area contributed by atoms with Crippen molar-refractivity contribution < 1.29 is 4.98 Å². The fraction of sp³-hybridized carbons (Fsp3) is 0.304. The van der Waals surface area contributed by atoms with Crippen molar-refractivity contribution in [2.75, 3.05) is 37.6 Å². The Morgan fingerprint density at radius 3 is 2.50 bits per heavy atom. The highest BCUT2D eigenvalue weighted by Gasteiger charge is 2.17. The van der Waals surface area contributed by atoms with Crippen LogP contribution < -0.4 is 15.4 Å². The predicted octanol–water partition coefficient (Wildman–Crippen LogP) is 2.93. The zero-order valence-corrected chi connectivity index (χ0v) is 17.6. The van der Waals surface area contributed by atoms with Crippen LogP contribution in [0.2, 0.25) is 5.02 Å². The first-order valence-electron chi connectivity index (χ1n) is 10.4. The first-order chi connectivity index (χ1) is 14.7. The summed E-state index contributed by atoms with van der Waals surface area (Å²) < 4.78 is 3.83. The van der Waals surface area contributed by atoms with Crippen LogP contribution in [-0.2, 0) is 6.54 Å². The first kappa shape index (κ1) is 19.2. The number of nitrogens with zero attached hydrogens (tertiary/aromatic N) is 4. The summed E-state index contributed by atoms with van der Waals surface area (Å²) in [6, 6.07) is 13.8. The maximum absolute atomic E-state index is 13.1. The molecule has 3 aromatic heterocycles. The lowest BCUT2D eigenvalue weighted by Gasteiger charge is -2.35. The van der Waals surface area contributed by atoms with Crippen molar-refractivity contribution in [3.05, 3.63) is 76.4 Å². The van der Waals surface area contributed by atoms with Gasteiger partial charge in [-0.3, -0.25) is 9.69 Å². The number of pyridine rings is 1. The van der Waals surface area contributed by atoms with Crippen LogP contribution in [0.4, 0.5) is 5.69 Å². The molecule has 0 bridgehead atoms. The van der Waals surface area contributed by atoms with Gasteiger partial charge in [0.15, 0.2) is 12.4 Å². The lowest BCUT2D eigenvalue weighted by atomic mass is 10.2. The number of aromatic amines is 1. The van der Waals surface area contributed by atoms with Gasteiger partial charge in [0, 0.05) is 61.8 Å². The van der Waals surface area contributed by atoms with Gasteiger partial charge in [0.25, 0.3) is 5.56 Å². The minimum absolute atomic E-state index is 0.0560. The number of halogens is 1. The number of aryl methyl sites for hydroxylation is 1. The minimum atomic E-state index is 0.0560. The van der Waals surface area contributed by atoms with Crippen LogP contribution in [0.5, 0.6) is 0 Å². The second kappa shape index (κ2) is 8.13. The molecule has 5 rings (SSSR count). The van der Waals surface area contributed by atoms with Gasteiger partial charge in [-0.15, -0.1) is 0 Å². The van der Waals surface area contributed by atoms with Crippen LogP contribution in [0.15, 0.2) is 65.8 Å². The number of anilines is 1. The summed E-state index contributed by atoms with van der Waals surface area (Å²) in [5.74, 6) is 0. The zero-order chi connectivity index (χ0) is 20.5. The lowest BCUT2D eigenvalue weighted by molar-refractivity contribution is -0.377. The molecule has 4 aromatic rings. The molecule has 7 heteroatoms. The molecule has 1 N–H and O–H groups in total. The van der Waals surface area contributed by atoms with Crippen molar-refractivity contribution in [1.29, 1.82) is 0 Å². The largest absolute Gasteiger partial charge is 0.369 e. The zero-order valence-electron chi connectivity index (χ0n) is 16.8. The third kappa shape index (κ3) is 3.57. The number of fused-ring (bicyclic) bond motifs is 3. The van der Waals surface area contributed by atoms with Gasteiger partial charge in [0.2, 0.25) is 0 Å². The Morgan fingerprint density at radius 2 is 1.70 bits per heavy atom. The second-order valence-corrected chi connectivity index (χ2v) is 8.23. The Balaban J connectivity index is 1.28. The van der Waals surface area contributed by atoms with E-state index >= 15 is 0 Å². The van der Waals surface area contributed by atoms with E-state index < -0.39 is 0 Å².